The van der Waals surface area contributed by atoms with Gasteiger partial charge in [0.15, 0.2) is 0 Å². The number of rotatable bonds is 5. The molecule has 2 aliphatic rings. The molecule has 7 heteroatoms. The Balaban J connectivity index is 1.36. The lowest BCUT2D eigenvalue weighted by atomic mass is 9.96. The van der Waals surface area contributed by atoms with Crippen LogP contribution >= 0.6 is 0 Å². The van der Waals surface area contributed by atoms with Crippen LogP contribution in [0.1, 0.15) is 36.4 Å². The maximum atomic E-state index is 12.9. The topological polar surface area (TPSA) is 75.7 Å². The van der Waals surface area contributed by atoms with Gasteiger partial charge in [-0.2, -0.15) is 4.31 Å². The number of benzene rings is 2. The normalized spacial score (nSPS) is 20.2. The molecule has 2 aromatic rings. The van der Waals surface area contributed by atoms with Crippen LogP contribution in [0.25, 0.3) is 0 Å². The zero-order chi connectivity index (χ0) is 20.4. The molecule has 1 atom stereocenters. The van der Waals surface area contributed by atoms with Crippen LogP contribution in [0, 0.1) is 5.92 Å². The molecule has 0 radical (unpaired) electrons. The minimum absolute atomic E-state index is 0.0354. The molecule has 1 aliphatic heterocycles. The van der Waals surface area contributed by atoms with Crippen molar-refractivity contribution >= 4 is 15.9 Å². The van der Waals surface area contributed by atoms with Crippen molar-refractivity contribution < 1.29 is 17.9 Å². The van der Waals surface area contributed by atoms with Crippen molar-refractivity contribution in [1.82, 2.24) is 9.62 Å². The van der Waals surface area contributed by atoms with E-state index in [-0.39, 0.29) is 22.8 Å². The summed E-state index contributed by atoms with van der Waals surface area (Å²) in [6, 6.07) is 14.7. The summed E-state index contributed by atoms with van der Waals surface area (Å²) < 4.78 is 32.3. The van der Waals surface area contributed by atoms with Crippen molar-refractivity contribution in [1.29, 1.82) is 0 Å². The van der Waals surface area contributed by atoms with E-state index in [9.17, 15) is 13.2 Å². The van der Waals surface area contributed by atoms with Gasteiger partial charge >= 0.3 is 0 Å². The molecule has 0 spiro atoms. The fourth-order valence-corrected chi connectivity index (χ4v) is 5.72. The number of hydrogen-bond donors (Lipinski definition) is 1. The number of ether oxygens (including phenoxy) is 1. The minimum Gasteiger partial charge on any atom is -0.497 e. The number of piperidine rings is 1. The summed E-state index contributed by atoms with van der Waals surface area (Å²) in [6.07, 6.45) is 2.99. The van der Waals surface area contributed by atoms with Crippen LogP contribution in [0.2, 0.25) is 0 Å². The van der Waals surface area contributed by atoms with Crippen LogP contribution in [0.4, 0.5) is 0 Å². The summed E-state index contributed by atoms with van der Waals surface area (Å²) >= 11 is 0. The molecule has 1 N–H and O–H groups in total. The second-order valence-electron chi connectivity index (χ2n) is 7.65. The molecule has 2 aromatic carbocycles. The summed E-state index contributed by atoms with van der Waals surface area (Å²) in [5, 5.41) is 3.18. The first kappa shape index (κ1) is 19.9. The number of sulfonamides is 1. The third-order valence-electron chi connectivity index (χ3n) is 5.97. The summed E-state index contributed by atoms with van der Waals surface area (Å²) in [4.78, 5) is 13.0. The Morgan fingerprint density at radius 1 is 1.03 bits per heavy atom. The Morgan fingerprint density at radius 2 is 1.72 bits per heavy atom. The van der Waals surface area contributed by atoms with Gasteiger partial charge in [0.2, 0.25) is 15.9 Å². The molecular weight excluding hydrogens is 388 g/mol. The number of carbonyl (C=O) groups excluding carboxylic acids is 1. The van der Waals surface area contributed by atoms with Gasteiger partial charge in [0.05, 0.1) is 18.0 Å². The summed E-state index contributed by atoms with van der Waals surface area (Å²) in [5.74, 6) is 0.506. The Kier molecular flexibility index (Phi) is 5.61. The third-order valence-corrected chi connectivity index (χ3v) is 7.88. The zero-order valence-electron chi connectivity index (χ0n) is 16.5. The molecule has 1 amide bonds. The summed E-state index contributed by atoms with van der Waals surface area (Å²) in [5.41, 5.74) is 2.51. The van der Waals surface area contributed by atoms with E-state index < -0.39 is 10.0 Å². The van der Waals surface area contributed by atoms with Gasteiger partial charge in [-0.05, 0) is 61.1 Å². The smallest absolute Gasteiger partial charge is 0.243 e. The molecule has 1 saturated heterocycles. The average molecular weight is 415 g/mol. The van der Waals surface area contributed by atoms with E-state index >= 15 is 0 Å². The average Bonchev–Trinajstić information content (AvgIpc) is 3.16. The highest BCUT2D eigenvalue weighted by molar-refractivity contribution is 7.89. The van der Waals surface area contributed by atoms with Gasteiger partial charge in [-0.3, -0.25) is 4.79 Å². The van der Waals surface area contributed by atoms with Crippen molar-refractivity contribution in [2.75, 3.05) is 20.2 Å². The number of amides is 1. The number of nitrogens with one attached hydrogen (secondary N) is 1. The number of methoxy groups -OCH3 is 1. The molecular formula is C22H26N2O4S. The Bertz CT molecular complexity index is 980. The SMILES string of the molecule is COc1ccc(S(=O)(=O)N2CCC(C(=O)N[C@@H]3CCc4ccccc43)CC2)cc1. The van der Waals surface area contributed by atoms with E-state index in [1.54, 1.807) is 31.4 Å². The molecule has 1 fully saturated rings. The largest absolute Gasteiger partial charge is 0.497 e. The highest BCUT2D eigenvalue weighted by Gasteiger charge is 2.33. The quantitative estimate of drug-likeness (QED) is 0.816. The van der Waals surface area contributed by atoms with Crippen LogP contribution in [0.5, 0.6) is 5.75 Å². The van der Waals surface area contributed by atoms with E-state index in [4.69, 9.17) is 4.74 Å². The summed E-state index contributed by atoms with van der Waals surface area (Å²) in [6.45, 7) is 0.710. The van der Waals surface area contributed by atoms with Crippen molar-refractivity contribution in [3.05, 3.63) is 59.7 Å². The van der Waals surface area contributed by atoms with E-state index in [1.807, 2.05) is 12.1 Å². The maximum Gasteiger partial charge on any atom is 0.243 e. The molecule has 154 valence electrons. The van der Waals surface area contributed by atoms with Gasteiger partial charge in [0, 0.05) is 19.0 Å². The fraction of sp³-hybridized carbons (Fsp3) is 0.409. The molecule has 0 unspecified atom stereocenters. The highest BCUT2D eigenvalue weighted by atomic mass is 32.2. The van der Waals surface area contributed by atoms with Crippen LogP contribution in [0.3, 0.4) is 0 Å². The lowest BCUT2D eigenvalue weighted by molar-refractivity contribution is -0.126. The van der Waals surface area contributed by atoms with E-state index in [2.05, 4.69) is 17.4 Å². The van der Waals surface area contributed by atoms with Crippen LogP contribution in [0.15, 0.2) is 53.4 Å². The predicted molar refractivity (Wildman–Crippen MR) is 110 cm³/mol. The van der Waals surface area contributed by atoms with Gasteiger partial charge in [-0.1, -0.05) is 24.3 Å². The van der Waals surface area contributed by atoms with Crippen molar-refractivity contribution in [2.24, 2.45) is 5.92 Å². The third kappa shape index (κ3) is 4.02. The minimum atomic E-state index is -3.55. The lowest BCUT2D eigenvalue weighted by Crippen LogP contribution is -2.43. The summed E-state index contributed by atoms with van der Waals surface area (Å²) in [7, 11) is -2.01. The zero-order valence-corrected chi connectivity index (χ0v) is 17.3. The molecule has 4 rings (SSSR count). The standard InChI is InChI=1S/C22H26N2O4S/c1-28-18-7-9-19(10-8-18)29(26,27)24-14-12-17(13-15-24)22(25)23-21-11-6-16-4-2-3-5-20(16)21/h2-5,7-10,17,21H,6,11-15H2,1H3,(H,23,25)/t21-/m1/s1. The molecule has 29 heavy (non-hydrogen) atoms. The van der Waals surface area contributed by atoms with Crippen LogP contribution in [-0.2, 0) is 21.2 Å². The fourth-order valence-electron chi connectivity index (χ4n) is 4.25. The van der Waals surface area contributed by atoms with Gasteiger partial charge in [0.1, 0.15) is 5.75 Å². The van der Waals surface area contributed by atoms with Gasteiger partial charge < -0.3 is 10.1 Å². The number of fused-ring (bicyclic) bond motifs is 1. The second kappa shape index (κ2) is 8.16. The first-order chi connectivity index (χ1) is 14.0. The number of carbonyl (C=O) groups is 1. The Hall–Kier alpha value is -2.38. The van der Waals surface area contributed by atoms with Gasteiger partial charge in [0.25, 0.3) is 0 Å². The molecule has 1 heterocycles. The van der Waals surface area contributed by atoms with Crippen LogP contribution in [-0.4, -0.2) is 38.8 Å². The molecule has 1 aliphatic carbocycles. The number of hydrogen-bond acceptors (Lipinski definition) is 4. The van der Waals surface area contributed by atoms with Gasteiger partial charge in [-0.25, -0.2) is 8.42 Å². The number of aryl methyl sites for hydroxylation is 1. The molecule has 6 nitrogen and oxygen atoms in total. The first-order valence-corrected chi connectivity index (χ1v) is 11.5. The van der Waals surface area contributed by atoms with Crippen molar-refractivity contribution in [2.45, 2.75) is 36.6 Å². The lowest BCUT2D eigenvalue weighted by Gasteiger charge is -2.31. The molecule has 0 saturated carbocycles. The second-order valence-corrected chi connectivity index (χ2v) is 9.59. The number of nitrogens with zero attached hydrogens (tertiary/aromatic N) is 1. The molecule has 0 bridgehead atoms. The Morgan fingerprint density at radius 3 is 2.41 bits per heavy atom. The highest BCUT2D eigenvalue weighted by Crippen LogP contribution is 2.32. The van der Waals surface area contributed by atoms with E-state index in [0.29, 0.717) is 31.7 Å². The van der Waals surface area contributed by atoms with E-state index in [0.717, 1.165) is 12.8 Å². The van der Waals surface area contributed by atoms with Gasteiger partial charge in [-0.15, -0.1) is 0 Å². The van der Waals surface area contributed by atoms with Crippen molar-refractivity contribution in [3.63, 3.8) is 0 Å². The van der Waals surface area contributed by atoms with E-state index in [1.165, 1.54) is 15.4 Å². The van der Waals surface area contributed by atoms with Crippen molar-refractivity contribution in [3.8, 4) is 5.75 Å². The first-order valence-electron chi connectivity index (χ1n) is 10.0. The predicted octanol–water partition coefficient (Wildman–Crippen LogP) is 2.90. The van der Waals surface area contributed by atoms with Crippen LogP contribution < -0.4 is 10.1 Å². The molecule has 0 aromatic heterocycles. The Labute approximate surface area is 171 Å². The maximum absolute atomic E-state index is 12.9. The monoisotopic (exact) mass is 414 g/mol.